The van der Waals surface area contributed by atoms with Gasteiger partial charge in [0, 0.05) is 16.8 Å². The number of carbonyl (C=O) groups excluding carboxylic acids is 1. The topological polar surface area (TPSA) is 66.0 Å². The Morgan fingerprint density at radius 2 is 2.10 bits per heavy atom. The van der Waals surface area contributed by atoms with Crippen molar-refractivity contribution in [3.63, 3.8) is 0 Å². The molecule has 1 aliphatic rings. The minimum absolute atomic E-state index is 0.0451. The number of amides is 1. The number of nitrogens with one attached hydrogen (secondary N) is 3. The molecule has 0 saturated carbocycles. The molecule has 2 heterocycles. The van der Waals surface area contributed by atoms with Crippen LogP contribution in [0.5, 0.6) is 0 Å². The lowest BCUT2D eigenvalue weighted by molar-refractivity contribution is -0.117. The van der Waals surface area contributed by atoms with Crippen molar-refractivity contribution in [2.24, 2.45) is 0 Å². The number of rotatable bonds is 4. The van der Waals surface area contributed by atoms with Gasteiger partial charge in [-0.15, -0.1) is 11.3 Å². The van der Waals surface area contributed by atoms with Crippen LogP contribution >= 0.6 is 11.3 Å². The van der Waals surface area contributed by atoms with E-state index >= 15 is 0 Å². The van der Waals surface area contributed by atoms with Crippen molar-refractivity contribution in [2.75, 3.05) is 17.2 Å². The van der Waals surface area contributed by atoms with Crippen molar-refractivity contribution in [1.29, 1.82) is 0 Å². The second kappa shape index (κ2) is 6.24. The molecule has 1 amide bonds. The predicted molar refractivity (Wildman–Crippen MR) is 86.2 cm³/mol. The molecule has 21 heavy (non-hydrogen) atoms. The van der Waals surface area contributed by atoms with Gasteiger partial charge in [-0.2, -0.15) is 0 Å². The van der Waals surface area contributed by atoms with E-state index < -0.39 is 0 Å². The van der Waals surface area contributed by atoms with Crippen molar-refractivity contribution < 1.29 is 4.79 Å². The predicted octanol–water partition coefficient (Wildman–Crippen LogP) is 2.89. The number of aromatic nitrogens is 1. The fourth-order valence-corrected chi connectivity index (χ4v) is 3.02. The molecule has 0 bridgehead atoms. The molecule has 1 aromatic heterocycles. The molecule has 0 aliphatic carbocycles. The van der Waals surface area contributed by atoms with E-state index in [2.05, 4.69) is 20.9 Å². The maximum atomic E-state index is 12.0. The molecule has 1 saturated heterocycles. The average Bonchev–Trinajstić information content (AvgIpc) is 3.13. The van der Waals surface area contributed by atoms with Gasteiger partial charge in [0.1, 0.15) is 0 Å². The average molecular weight is 302 g/mol. The Hall–Kier alpha value is -1.92. The first-order valence-corrected chi connectivity index (χ1v) is 7.92. The number of aryl methyl sites for hydroxylation is 1. The number of hydrogen-bond acceptors (Lipinski definition) is 5. The summed E-state index contributed by atoms with van der Waals surface area (Å²) in [6.45, 7) is 2.89. The van der Waals surface area contributed by atoms with E-state index in [1.807, 2.05) is 36.6 Å². The smallest absolute Gasteiger partial charge is 0.241 e. The summed E-state index contributed by atoms with van der Waals surface area (Å²) >= 11 is 1.58. The zero-order valence-corrected chi connectivity index (χ0v) is 12.7. The highest BCUT2D eigenvalue weighted by atomic mass is 32.1. The molecule has 0 radical (unpaired) electrons. The minimum Gasteiger partial charge on any atom is -0.332 e. The van der Waals surface area contributed by atoms with Gasteiger partial charge in [0.05, 0.1) is 11.7 Å². The molecule has 3 N–H and O–H groups in total. The van der Waals surface area contributed by atoms with Crippen LogP contribution in [-0.2, 0) is 4.79 Å². The summed E-state index contributed by atoms with van der Waals surface area (Å²) in [5.74, 6) is 0.0451. The Balaban J connectivity index is 1.59. The van der Waals surface area contributed by atoms with Crippen LogP contribution in [-0.4, -0.2) is 23.5 Å². The maximum absolute atomic E-state index is 12.0. The fourth-order valence-electron chi connectivity index (χ4n) is 2.31. The SMILES string of the molecule is Cc1csc(Nc2ccc(NC(=O)C3CCCN3)cc2)n1. The summed E-state index contributed by atoms with van der Waals surface area (Å²) in [6, 6.07) is 7.62. The summed E-state index contributed by atoms with van der Waals surface area (Å²) < 4.78 is 0. The second-order valence-corrected chi connectivity index (χ2v) is 5.99. The molecule has 1 fully saturated rings. The van der Waals surface area contributed by atoms with E-state index in [0.717, 1.165) is 41.6 Å². The highest BCUT2D eigenvalue weighted by Gasteiger charge is 2.21. The van der Waals surface area contributed by atoms with Gasteiger partial charge < -0.3 is 16.0 Å². The van der Waals surface area contributed by atoms with E-state index in [1.54, 1.807) is 11.3 Å². The molecule has 1 atom stereocenters. The number of carbonyl (C=O) groups is 1. The Kier molecular flexibility index (Phi) is 4.17. The van der Waals surface area contributed by atoms with Crippen LogP contribution in [0.1, 0.15) is 18.5 Å². The van der Waals surface area contributed by atoms with Crippen molar-refractivity contribution >= 4 is 33.8 Å². The van der Waals surface area contributed by atoms with Gasteiger partial charge in [-0.1, -0.05) is 0 Å². The van der Waals surface area contributed by atoms with Crippen LogP contribution in [0.2, 0.25) is 0 Å². The summed E-state index contributed by atoms with van der Waals surface area (Å²) in [4.78, 5) is 16.4. The Labute approximate surface area is 127 Å². The molecule has 1 aromatic carbocycles. The number of benzene rings is 1. The lowest BCUT2D eigenvalue weighted by Crippen LogP contribution is -2.35. The highest BCUT2D eigenvalue weighted by Crippen LogP contribution is 2.22. The molecular weight excluding hydrogens is 284 g/mol. The maximum Gasteiger partial charge on any atom is 0.241 e. The normalized spacial score (nSPS) is 17.7. The first kappa shape index (κ1) is 14.0. The molecular formula is C15H18N4OS. The van der Waals surface area contributed by atoms with Crippen LogP contribution in [0, 0.1) is 6.92 Å². The molecule has 0 spiro atoms. The van der Waals surface area contributed by atoms with Crippen molar-refractivity contribution in [3.05, 3.63) is 35.3 Å². The van der Waals surface area contributed by atoms with Gasteiger partial charge in [0.15, 0.2) is 5.13 Å². The van der Waals surface area contributed by atoms with E-state index in [0.29, 0.717) is 0 Å². The van der Waals surface area contributed by atoms with Crippen molar-refractivity contribution in [2.45, 2.75) is 25.8 Å². The number of hydrogen-bond donors (Lipinski definition) is 3. The van der Waals surface area contributed by atoms with Crippen LogP contribution < -0.4 is 16.0 Å². The fraction of sp³-hybridized carbons (Fsp3) is 0.333. The van der Waals surface area contributed by atoms with E-state index in [1.165, 1.54) is 0 Å². The van der Waals surface area contributed by atoms with E-state index in [9.17, 15) is 4.79 Å². The molecule has 1 aliphatic heterocycles. The van der Waals surface area contributed by atoms with Crippen molar-refractivity contribution in [3.8, 4) is 0 Å². The molecule has 5 nitrogen and oxygen atoms in total. The molecule has 110 valence electrons. The van der Waals surface area contributed by atoms with Crippen LogP contribution in [0.4, 0.5) is 16.5 Å². The second-order valence-electron chi connectivity index (χ2n) is 5.13. The molecule has 1 unspecified atom stereocenters. The third-order valence-corrected chi connectivity index (χ3v) is 4.28. The Morgan fingerprint density at radius 1 is 1.33 bits per heavy atom. The number of nitrogens with zero attached hydrogens (tertiary/aromatic N) is 1. The largest absolute Gasteiger partial charge is 0.332 e. The minimum atomic E-state index is -0.0545. The van der Waals surface area contributed by atoms with Gasteiger partial charge in [-0.25, -0.2) is 4.98 Å². The summed E-state index contributed by atoms with van der Waals surface area (Å²) in [5.41, 5.74) is 2.78. The third-order valence-electron chi connectivity index (χ3n) is 3.40. The van der Waals surface area contributed by atoms with E-state index in [4.69, 9.17) is 0 Å². The molecule has 6 heteroatoms. The summed E-state index contributed by atoms with van der Waals surface area (Å²) in [5, 5.41) is 12.3. The van der Waals surface area contributed by atoms with Gasteiger partial charge >= 0.3 is 0 Å². The lowest BCUT2D eigenvalue weighted by atomic mass is 10.2. The monoisotopic (exact) mass is 302 g/mol. The quantitative estimate of drug-likeness (QED) is 0.812. The Morgan fingerprint density at radius 3 is 2.71 bits per heavy atom. The molecule has 2 aromatic rings. The first-order chi connectivity index (χ1) is 10.2. The molecule has 3 rings (SSSR count). The Bertz CT molecular complexity index is 617. The van der Waals surface area contributed by atoms with Crippen molar-refractivity contribution in [1.82, 2.24) is 10.3 Å². The van der Waals surface area contributed by atoms with Gasteiger partial charge in [0.25, 0.3) is 0 Å². The van der Waals surface area contributed by atoms with Gasteiger partial charge in [0.2, 0.25) is 5.91 Å². The van der Waals surface area contributed by atoms with Gasteiger partial charge in [-0.05, 0) is 50.6 Å². The van der Waals surface area contributed by atoms with Crippen LogP contribution in [0.15, 0.2) is 29.6 Å². The summed E-state index contributed by atoms with van der Waals surface area (Å²) in [7, 11) is 0. The standard InChI is InChI=1S/C15H18N4OS/c1-10-9-21-15(17-10)19-12-6-4-11(5-7-12)18-14(20)13-3-2-8-16-13/h4-7,9,13,16H,2-3,8H2,1H3,(H,17,19)(H,18,20). The third kappa shape index (κ3) is 3.59. The van der Waals surface area contributed by atoms with Crippen LogP contribution in [0.3, 0.4) is 0 Å². The first-order valence-electron chi connectivity index (χ1n) is 7.04. The van der Waals surface area contributed by atoms with Crippen LogP contribution in [0.25, 0.3) is 0 Å². The lowest BCUT2D eigenvalue weighted by Gasteiger charge is -2.11. The zero-order chi connectivity index (χ0) is 14.7. The number of anilines is 3. The number of thiazole rings is 1. The zero-order valence-electron chi connectivity index (χ0n) is 11.8. The highest BCUT2D eigenvalue weighted by molar-refractivity contribution is 7.13. The van der Waals surface area contributed by atoms with Gasteiger partial charge in [-0.3, -0.25) is 4.79 Å². The van der Waals surface area contributed by atoms with E-state index in [-0.39, 0.29) is 11.9 Å². The summed E-state index contributed by atoms with van der Waals surface area (Å²) in [6.07, 6.45) is 1.98.